The van der Waals surface area contributed by atoms with Gasteiger partial charge in [0.1, 0.15) is 0 Å². The molecule has 1 aliphatic heterocycles. The molecule has 0 radical (unpaired) electrons. The van der Waals surface area contributed by atoms with Crippen LogP contribution in [0.4, 0.5) is 0 Å². The van der Waals surface area contributed by atoms with E-state index in [0.717, 1.165) is 25.3 Å². The zero-order valence-corrected chi connectivity index (χ0v) is 11.2. The van der Waals surface area contributed by atoms with Gasteiger partial charge in [-0.15, -0.1) is 0 Å². The lowest BCUT2D eigenvalue weighted by Gasteiger charge is -2.20. The van der Waals surface area contributed by atoms with E-state index in [4.69, 9.17) is 0 Å². The van der Waals surface area contributed by atoms with Gasteiger partial charge >= 0.3 is 0 Å². The second-order valence-electron chi connectivity index (χ2n) is 5.11. The van der Waals surface area contributed by atoms with Gasteiger partial charge in [0.25, 0.3) is 0 Å². The number of alkyl halides is 1. The molecule has 15 heavy (non-hydrogen) atoms. The highest BCUT2D eigenvalue weighted by Gasteiger charge is 2.37. The first-order valence-corrected chi connectivity index (χ1v) is 6.24. The molecule has 1 saturated heterocycles. The molecule has 1 fully saturated rings. The molecule has 0 aromatic carbocycles. The minimum absolute atomic E-state index is 0.370. The lowest BCUT2D eigenvalue weighted by Crippen LogP contribution is -2.23. The zero-order chi connectivity index (χ0) is 11.1. The van der Waals surface area contributed by atoms with Crippen molar-refractivity contribution in [2.24, 2.45) is 12.5 Å². The molecule has 84 valence electrons. The maximum absolute atomic E-state index is 4.41. The fourth-order valence-corrected chi connectivity index (χ4v) is 2.67. The number of rotatable bonds is 2. The Morgan fingerprint density at radius 3 is 2.80 bits per heavy atom. The van der Waals surface area contributed by atoms with Crippen molar-refractivity contribution in [1.82, 2.24) is 14.7 Å². The van der Waals surface area contributed by atoms with Crippen LogP contribution in [-0.2, 0) is 13.6 Å². The molecule has 0 spiro atoms. The van der Waals surface area contributed by atoms with Crippen molar-refractivity contribution in [3.63, 3.8) is 0 Å². The number of hydrogen-bond acceptors (Lipinski definition) is 2. The predicted molar refractivity (Wildman–Crippen MR) is 65.0 cm³/mol. The Hall–Kier alpha value is -0.350. The standard InChI is InChI=1S/C11H18BrN3/c1-11(2)8-15(7-10(11)12)6-9-4-5-14(3)13-9/h4-5,10H,6-8H2,1-3H3. The van der Waals surface area contributed by atoms with Crippen LogP contribution >= 0.6 is 15.9 Å². The Morgan fingerprint density at radius 2 is 2.33 bits per heavy atom. The number of nitrogens with zero attached hydrogens (tertiary/aromatic N) is 3. The summed E-state index contributed by atoms with van der Waals surface area (Å²) in [6.07, 6.45) is 2.00. The van der Waals surface area contributed by atoms with Crippen molar-refractivity contribution >= 4 is 15.9 Å². The third-order valence-corrected chi connectivity index (χ3v) is 4.58. The first kappa shape index (κ1) is 11.1. The van der Waals surface area contributed by atoms with Crippen LogP contribution in [0.25, 0.3) is 0 Å². The summed E-state index contributed by atoms with van der Waals surface area (Å²) in [6, 6.07) is 2.09. The summed E-state index contributed by atoms with van der Waals surface area (Å²) >= 11 is 3.75. The third kappa shape index (κ3) is 2.42. The second kappa shape index (κ2) is 3.91. The maximum Gasteiger partial charge on any atom is 0.0764 e. The number of likely N-dealkylation sites (tertiary alicyclic amines) is 1. The van der Waals surface area contributed by atoms with Gasteiger partial charge in [-0.05, 0) is 11.5 Å². The average Bonchev–Trinajstić information content (AvgIpc) is 2.59. The number of halogens is 1. The first-order chi connectivity index (χ1) is 6.97. The molecule has 2 heterocycles. The van der Waals surface area contributed by atoms with E-state index >= 15 is 0 Å². The van der Waals surface area contributed by atoms with Crippen LogP contribution < -0.4 is 0 Å². The zero-order valence-electron chi connectivity index (χ0n) is 9.57. The Morgan fingerprint density at radius 1 is 1.60 bits per heavy atom. The van der Waals surface area contributed by atoms with Gasteiger partial charge < -0.3 is 0 Å². The molecule has 1 aromatic rings. The van der Waals surface area contributed by atoms with Crippen LogP contribution in [0.1, 0.15) is 19.5 Å². The second-order valence-corrected chi connectivity index (χ2v) is 6.21. The van der Waals surface area contributed by atoms with Gasteiger partial charge in [0.05, 0.1) is 5.69 Å². The molecular weight excluding hydrogens is 254 g/mol. The summed E-state index contributed by atoms with van der Waals surface area (Å²) in [5.74, 6) is 0. The highest BCUT2D eigenvalue weighted by atomic mass is 79.9. The molecule has 0 aliphatic carbocycles. The molecule has 3 nitrogen and oxygen atoms in total. The molecule has 0 N–H and O–H groups in total. The molecule has 4 heteroatoms. The molecule has 0 saturated carbocycles. The Labute approximate surface area is 99.6 Å². The van der Waals surface area contributed by atoms with Gasteiger partial charge in [0.15, 0.2) is 0 Å². The first-order valence-electron chi connectivity index (χ1n) is 5.32. The van der Waals surface area contributed by atoms with E-state index < -0.39 is 0 Å². The highest BCUT2D eigenvalue weighted by molar-refractivity contribution is 9.09. The molecule has 1 atom stereocenters. The van der Waals surface area contributed by atoms with Crippen LogP contribution in [0.2, 0.25) is 0 Å². The van der Waals surface area contributed by atoms with Crippen LogP contribution in [-0.4, -0.2) is 32.6 Å². The van der Waals surface area contributed by atoms with Crippen LogP contribution in [0.15, 0.2) is 12.3 Å². The lowest BCUT2D eigenvalue weighted by molar-refractivity contribution is 0.281. The van der Waals surface area contributed by atoms with Gasteiger partial charge in [0, 0.05) is 37.7 Å². The largest absolute Gasteiger partial charge is 0.296 e. The van der Waals surface area contributed by atoms with Crippen molar-refractivity contribution in [1.29, 1.82) is 0 Å². The van der Waals surface area contributed by atoms with E-state index in [1.807, 2.05) is 17.9 Å². The molecule has 0 bridgehead atoms. The van der Waals surface area contributed by atoms with Crippen LogP contribution in [0.3, 0.4) is 0 Å². The Bertz CT molecular complexity index is 345. The van der Waals surface area contributed by atoms with E-state index in [2.05, 4.69) is 45.8 Å². The van der Waals surface area contributed by atoms with Gasteiger partial charge in [-0.2, -0.15) is 5.10 Å². The molecule has 2 rings (SSSR count). The van der Waals surface area contributed by atoms with Crippen LogP contribution in [0.5, 0.6) is 0 Å². The van der Waals surface area contributed by atoms with E-state index in [1.165, 1.54) is 0 Å². The SMILES string of the molecule is Cn1ccc(CN2CC(Br)C(C)(C)C2)n1. The van der Waals surface area contributed by atoms with E-state index in [1.54, 1.807) is 0 Å². The molecule has 1 aliphatic rings. The third-order valence-electron chi connectivity index (χ3n) is 3.05. The lowest BCUT2D eigenvalue weighted by atomic mass is 9.93. The summed E-state index contributed by atoms with van der Waals surface area (Å²) in [7, 11) is 1.96. The highest BCUT2D eigenvalue weighted by Crippen LogP contribution is 2.35. The smallest absolute Gasteiger partial charge is 0.0764 e. The summed E-state index contributed by atoms with van der Waals surface area (Å²) in [5.41, 5.74) is 1.53. The van der Waals surface area contributed by atoms with Gasteiger partial charge in [-0.3, -0.25) is 9.58 Å². The van der Waals surface area contributed by atoms with Crippen molar-refractivity contribution in [2.75, 3.05) is 13.1 Å². The summed E-state index contributed by atoms with van der Waals surface area (Å²) in [6.45, 7) is 7.84. The average molecular weight is 272 g/mol. The minimum atomic E-state index is 0.370. The normalized spacial score (nSPS) is 26.0. The van der Waals surface area contributed by atoms with E-state index in [-0.39, 0.29) is 0 Å². The number of aryl methyl sites for hydroxylation is 1. The van der Waals surface area contributed by atoms with E-state index in [9.17, 15) is 0 Å². The number of aromatic nitrogens is 2. The summed E-state index contributed by atoms with van der Waals surface area (Å²) < 4.78 is 1.86. The maximum atomic E-state index is 4.41. The molecular formula is C11H18BrN3. The van der Waals surface area contributed by atoms with Gasteiger partial charge in [-0.1, -0.05) is 29.8 Å². The van der Waals surface area contributed by atoms with Crippen molar-refractivity contribution in [2.45, 2.75) is 25.2 Å². The van der Waals surface area contributed by atoms with Crippen molar-refractivity contribution in [3.8, 4) is 0 Å². The summed E-state index contributed by atoms with van der Waals surface area (Å²) in [4.78, 5) is 3.05. The minimum Gasteiger partial charge on any atom is -0.296 e. The number of hydrogen-bond donors (Lipinski definition) is 0. The van der Waals surface area contributed by atoms with Gasteiger partial charge in [0.2, 0.25) is 0 Å². The summed E-state index contributed by atoms with van der Waals surface area (Å²) in [5, 5.41) is 4.41. The van der Waals surface area contributed by atoms with Crippen molar-refractivity contribution < 1.29 is 0 Å². The van der Waals surface area contributed by atoms with Crippen molar-refractivity contribution in [3.05, 3.63) is 18.0 Å². The monoisotopic (exact) mass is 271 g/mol. The fourth-order valence-electron chi connectivity index (χ4n) is 2.11. The Kier molecular flexibility index (Phi) is 2.90. The van der Waals surface area contributed by atoms with Gasteiger partial charge in [-0.25, -0.2) is 0 Å². The van der Waals surface area contributed by atoms with Crippen LogP contribution in [0, 0.1) is 5.41 Å². The predicted octanol–water partition coefficient (Wildman–Crippen LogP) is 2.03. The molecule has 1 aromatic heterocycles. The molecule has 1 unspecified atom stereocenters. The topological polar surface area (TPSA) is 21.1 Å². The molecule has 0 amide bonds. The fraction of sp³-hybridized carbons (Fsp3) is 0.727. The van der Waals surface area contributed by atoms with E-state index in [0.29, 0.717) is 10.2 Å². The quantitative estimate of drug-likeness (QED) is 0.768. The Balaban J connectivity index is 1.98.